The number of hydrogen-bond donors (Lipinski definition) is 0. The first kappa shape index (κ1) is 20.4. The number of rotatable bonds is 5. The predicted octanol–water partition coefficient (Wildman–Crippen LogP) is 3.32. The summed E-state index contributed by atoms with van der Waals surface area (Å²) in [7, 11) is 0. The number of likely N-dealkylation sites (tertiary alicyclic amines) is 1. The minimum Gasteiger partial charge on any atom is -0.461 e. The van der Waals surface area contributed by atoms with Crippen LogP contribution in [0.3, 0.4) is 0 Å². The highest BCUT2D eigenvalue weighted by molar-refractivity contribution is 5.82. The average Bonchev–Trinajstić information content (AvgIpc) is 2.73. The number of ether oxygens (including phenoxy) is 3. The topological polar surface area (TPSA) is 82.1 Å². The molecular formula is C22H23NO6. The molecule has 0 radical (unpaired) electrons. The summed E-state index contributed by atoms with van der Waals surface area (Å²) in [6.07, 6.45) is -0.404. The van der Waals surface area contributed by atoms with E-state index < -0.39 is 30.2 Å². The number of benzene rings is 2. The third-order valence-corrected chi connectivity index (χ3v) is 4.55. The molecule has 1 fully saturated rings. The summed E-state index contributed by atoms with van der Waals surface area (Å²) in [5.41, 5.74) is 0.855. The summed E-state index contributed by atoms with van der Waals surface area (Å²) in [5.74, 6) is -0.583. The van der Waals surface area contributed by atoms with Gasteiger partial charge in [0.25, 0.3) is 0 Å². The van der Waals surface area contributed by atoms with E-state index in [2.05, 4.69) is 0 Å². The Bertz CT molecular complexity index is 839. The number of para-hydroxylation sites is 1. The van der Waals surface area contributed by atoms with Gasteiger partial charge in [0.15, 0.2) is 0 Å². The molecule has 1 amide bonds. The van der Waals surface area contributed by atoms with Crippen LogP contribution >= 0.6 is 0 Å². The molecule has 1 saturated heterocycles. The van der Waals surface area contributed by atoms with E-state index in [0.29, 0.717) is 18.6 Å². The summed E-state index contributed by atoms with van der Waals surface area (Å²) in [5, 5.41) is 0. The maximum Gasteiger partial charge on any atom is 0.416 e. The number of piperidine rings is 1. The lowest BCUT2D eigenvalue weighted by Crippen LogP contribution is -2.54. The number of amides is 1. The van der Waals surface area contributed by atoms with Crippen molar-refractivity contribution < 1.29 is 28.6 Å². The molecule has 0 unspecified atom stereocenters. The third-order valence-electron chi connectivity index (χ3n) is 4.55. The van der Waals surface area contributed by atoms with Crippen molar-refractivity contribution in [2.75, 3.05) is 6.54 Å². The zero-order chi connectivity index (χ0) is 20.6. The van der Waals surface area contributed by atoms with Gasteiger partial charge in [0.2, 0.25) is 0 Å². The molecule has 2 atom stereocenters. The van der Waals surface area contributed by atoms with Gasteiger partial charge in [-0.15, -0.1) is 0 Å². The monoisotopic (exact) mass is 397 g/mol. The molecule has 0 saturated carbocycles. The Morgan fingerprint density at radius 2 is 1.62 bits per heavy atom. The zero-order valence-electron chi connectivity index (χ0n) is 16.2. The second-order valence-electron chi connectivity index (χ2n) is 6.75. The Balaban J connectivity index is 1.69. The van der Waals surface area contributed by atoms with Crippen LogP contribution in [0.1, 0.15) is 25.3 Å². The third kappa shape index (κ3) is 5.81. The first-order chi connectivity index (χ1) is 14.0. The quantitative estimate of drug-likeness (QED) is 0.720. The molecule has 0 bridgehead atoms. The SMILES string of the molecule is CC(=O)O[C@@H]1CC[C@@H](C(=O)OCc2ccccc2)N(C(=O)Oc2ccccc2)C1. The highest BCUT2D eigenvalue weighted by Crippen LogP contribution is 2.23. The summed E-state index contributed by atoms with van der Waals surface area (Å²) < 4.78 is 16.0. The molecule has 7 nitrogen and oxygen atoms in total. The lowest BCUT2D eigenvalue weighted by molar-refractivity contribution is -0.157. The maximum absolute atomic E-state index is 12.7. The fourth-order valence-electron chi connectivity index (χ4n) is 3.19. The molecule has 1 aliphatic rings. The molecule has 7 heteroatoms. The van der Waals surface area contributed by atoms with Crippen LogP contribution in [0, 0.1) is 0 Å². The average molecular weight is 397 g/mol. The van der Waals surface area contributed by atoms with Gasteiger partial charge in [-0.1, -0.05) is 48.5 Å². The van der Waals surface area contributed by atoms with Gasteiger partial charge in [0, 0.05) is 6.92 Å². The Hall–Kier alpha value is -3.35. The molecule has 1 aliphatic heterocycles. The van der Waals surface area contributed by atoms with Gasteiger partial charge in [-0.05, 0) is 30.5 Å². The van der Waals surface area contributed by atoms with Crippen LogP contribution in [0.25, 0.3) is 0 Å². The summed E-state index contributed by atoms with van der Waals surface area (Å²) in [6.45, 7) is 1.49. The minimum absolute atomic E-state index is 0.0658. The number of carbonyl (C=O) groups excluding carboxylic acids is 3. The van der Waals surface area contributed by atoms with Gasteiger partial charge < -0.3 is 14.2 Å². The van der Waals surface area contributed by atoms with E-state index in [9.17, 15) is 14.4 Å². The Morgan fingerprint density at radius 3 is 2.28 bits per heavy atom. The highest BCUT2D eigenvalue weighted by Gasteiger charge is 2.39. The van der Waals surface area contributed by atoms with E-state index >= 15 is 0 Å². The van der Waals surface area contributed by atoms with Crippen molar-refractivity contribution in [3.05, 3.63) is 66.2 Å². The van der Waals surface area contributed by atoms with Crippen LogP contribution in [0.4, 0.5) is 4.79 Å². The lowest BCUT2D eigenvalue weighted by atomic mass is 10.0. The predicted molar refractivity (Wildman–Crippen MR) is 104 cm³/mol. The van der Waals surface area contributed by atoms with Gasteiger partial charge in [-0.3, -0.25) is 9.69 Å². The van der Waals surface area contributed by atoms with Crippen LogP contribution in [0.15, 0.2) is 60.7 Å². The molecule has 0 aromatic heterocycles. The molecule has 0 aliphatic carbocycles. The van der Waals surface area contributed by atoms with E-state index in [-0.39, 0.29) is 13.2 Å². The Morgan fingerprint density at radius 1 is 0.966 bits per heavy atom. The normalized spacial score (nSPS) is 18.6. The van der Waals surface area contributed by atoms with Crippen LogP contribution in [-0.2, 0) is 25.7 Å². The second-order valence-corrected chi connectivity index (χ2v) is 6.75. The summed E-state index contributed by atoms with van der Waals surface area (Å²) >= 11 is 0. The largest absolute Gasteiger partial charge is 0.461 e. The molecule has 2 aromatic carbocycles. The van der Waals surface area contributed by atoms with Gasteiger partial charge in [-0.25, -0.2) is 9.59 Å². The summed E-state index contributed by atoms with van der Waals surface area (Å²) in [4.78, 5) is 38.0. The smallest absolute Gasteiger partial charge is 0.416 e. The van der Waals surface area contributed by atoms with Crippen LogP contribution < -0.4 is 4.74 Å². The Labute approximate surface area is 169 Å². The molecule has 3 rings (SSSR count). The van der Waals surface area contributed by atoms with Crippen molar-refractivity contribution in [3.8, 4) is 5.75 Å². The van der Waals surface area contributed by atoms with Gasteiger partial charge in [0.1, 0.15) is 24.5 Å². The van der Waals surface area contributed by atoms with Crippen molar-refractivity contribution >= 4 is 18.0 Å². The van der Waals surface area contributed by atoms with Gasteiger partial charge in [-0.2, -0.15) is 0 Å². The maximum atomic E-state index is 12.7. The van der Waals surface area contributed by atoms with Crippen molar-refractivity contribution in [2.24, 2.45) is 0 Å². The van der Waals surface area contributed by atoms with Crippen molar-refractivity contribution in [1.29, 1.82) is 0 Å². The first-order valence-corrected chi connectivity index (χ1v) is 9.44. The van der Waals surface area contributed by atoms with Gasteiger partial charge in [0.05, 0.1) is 6.54 Å². The molecule has 2 aromatic rings. The van der Waals surface area contributed by atoms with E-state index in [1.165, 1.54) is 11.8 Å². The molecule has 152 valence electrons. The van der Waals surface area contributed by atoms with Crippen molar-refractivity contribution in [1.82, 2.24) is 4.90 Å². The van der Waals surface area contributed by atoms with Crippen LogP contribution in [-0.4, -0.2) is 41.6 Å². The second kappa shape index (κ2) is 9.73. The molecule has 0 spiro atoms. The van der Waals surface area contributed by atoms with E-state index in [1.807, 2.05) is 30.3 Å². The van der Waals surface area contributed by atoms with Crippen LogP contribution in [0.2, 0.25) is 0 Å². The number of esters is 2. The zero-order valence-corrected chi connectivity index (χ0v) is 16.2. The summed E-state index contributed by atoms with van der Waals surface area (Å²) in [6, 6.07) is 17.1. The molecule has 29 heavy (non-hydrogen) atoms. The van der Waals surface area contributed by atoms with Crippen molar-refractivity contribution in [2.45, 2.75) is 38.5 Å². The molecule has 0 N–H and O–H groups in total. The fourth-order valence-corrected chi connectivity index (χ4v) is 3.19. The first-order valence-electron chi connectivity index (χ1n) is 9.44. The van der Waals surface area contributed by atoms with E-state index in [1.54, 1.807) is 30.3 Å². The van der Waals surface area contributed by atoms with Crippen LogP contribution in [0.5, 0.6) is 5.75 Å². The van der Waals surface area contributed by atoms with Gasteiger partial charge >= 0.3 is 18.0 Å². The standard InChI is InChI=1S/C22H23NO6/c1-16(24)28-19-12-13-20(21(25)27-15-17-8-4-2-5-9-17)23(14-19)22(26)29-18-10-6-3-7-11-18/h2-11,19-20H,12-15H2,1H3/t19-,20+/m1/s1. The lowest BCUT2D eigenvalue weighted by Gasteiger charge is -2.36. The fraction of sp³-hybridized carbons (Fsp3) is 0.318. The van der Waals surface area contributed by atoms with E-state index in [0.717, 1.165) is 5.56 Å². The number of hydrogen-bond acceptors (Lipinski definition) is 6. The number of nitrogens with zero attached hydrogens (tertiary/aromatic N) is 1. The molecule has 1 heterocycles. The Kier molecular flexibility index (Phi) is 6.84. The highest BCUT2D eigenvalue weighted by atomic mass is 16.6. The minimum atomic E-state index is -0.804. The van der Waals surface area contributed by atoms with Crippen molar-refractivity contribution in [3.63, 3.8) is 0 Å². The number of carbonyl (C=O) groups is 3. The van der Waals surface area contributed by atoms with E-state index in [4.69, 9.17) is 14.2 Å². The molecular weight excluding hydrogens is 374 g/mol.